The van der Waals surface area contributed by atoms with Gasteiger partial charge in [-0.25, -0.2) is 4.79 Å². The van der Waals surface area contributed by atoms with Gasteiger partial charge in [-0.3, -0.25) is 0 Å². The first kappa shape index (κ1) is 11.8. The van der Waals surface area contributed by atoms with Gasteiger partial charge in [-0.2, -0.15) is 0 Å². The van der Waals surface area contributed by atoms with E-state index in [0.29, 0.717) is 23.0 Å². The summed E-state index contributed by atoms with van der Waals surface area (Å²) in [5, 5.41) is 9.22. The van der Waals surface area contributed by atoms with Crippen LogP contribution in [0.4, 0.5) is 11.4 Å². The number of piperidine rings is 1. The maximum Gasteiger partial charge on any atom is 0.337 e. The average Bonchev–Trinajstić information content (AvgIpc) is 2.30. The number of nitrogens with two attached hydrogens (primary N) is 1. The minimum absolute atomic E-state index is 0.304. The summed E-state index contributed by atoms with van der Waals surface area (Å²) in [7, 11) is 0. The molecular weight excluding hydrogens is 216 g/mol. The van der Waals surface area contributed by atoms with E-state index in [4.69, 9.17) is 5.73 Å². The zero-order chi connectivity index (χ0) is 12.4. The SMILES string of the molecule is CC1CCCCN1c1c(N)cccc1C(=O)O. The van der Waals surface area contributed by atoms with Gasteiger partial charge in [-0.1, -0.05) is 6.07 Å². The lowest BCUT2D eigenvalue weighted by molar-refractivity contribution is 0.0697. The molecule has 0 amide bonds. The number of carbonyl (C=O) groups is 1. The third kappa shape index (κ3) is 2.20. The smallest absolute Gasteiger partial charge is 0.337 e. The maximum atomic E-state index is 11.2. The lowest BCUT2D eigenvalue weighted by Gasteiger charge is -2.36. The molecule has 1 aromatic rings. The van der Waals surface area contributed by atoms with E-state index in [0.717, 1.165) is 19.4 Å². The Morgan fingerprint density at radius 1 is 1.47 bits per heavy atom. The number of nitrogens with zero attached hydrogens (tertiary/aromatic N) is 1. The normalized spacial score (nSPS) is 20.3. The first-order valence-corrected chi connectivity index (χ1v) is 5.99. The molecule has 0 aliphatic carbocycles. The molecule has 0 saturated carbocycles. The quantitative estimate of drug-likeness (QED) is 0.771. The van der Waals surface area contributed by atoms with Crippen LogP contribution in [-0.2, 0) is 0 Å². The van der Waals surface area contributed by atoms with Crippen LogP contribution in [0.2, 0.25) is 0 Å². The van der Waals surface area contributed by atoms with Gasteiger partial charge in [0.25, 0.3) is 0 Å². The molecule has 1 fully saturated rings. The topological polar surface area (TPSA) is 66.6 Å². The van der Waals surface area contributed by atoms with Gasteiger partial charge in [0.2, 0.25) is 0 Å². The summed E-state index contributed by atoms with van der Waals surface area (Å²) >= 11 is 0. The fraction of sp³-hybridized carbons (Fsp3) is 0.462. The van der Waals surface area contributed by atoms with E-state index in [-0.39, 0.29) is 0 Å². The van der Waals surface area contributed by atoms with Crippen LogP contribution in [0.3, 0.4) is 0 Å². The second kappa shape index (κ2) is 4.65. The number of para-hydroxylation sites is 1. The van der Waals surface area contributed by atoms with Gasteiger partial charge < -0.3 is 15.7 Å². The number of hydrogen-bond donors (Lipinski definition) is 2. The van der Waals surface area contributed by atoms with E-state index in [9.17, 15) is 9.90 Å². The third-order valence-electron chi connectivity index (χ3n) is 3.39. The van der Waals surface area contributed by atoms with Crippen LogP contribution < -0.4 is 10.6 Å². The summed E-state index contributed by atoms with van der Waals surface area (Å²) in [6, 6.07) is 5.43. The summed E-state index contributed by atoms with van der Waals surface area (Å²) < 4.78 is 0. The lowest BCUT2D eigenvalue weighted by atomic mass is 10.0. The van der Waals surface area contributed by atoms with Gasteiger partial charge in [0.15, 0.2) is 0 Å². The number of nitrogen functional groups attached to an aromatic ring is 1. The van der Waals surface area contributed by atoms with Gasteiger partial charge in [0, 0.05) is 12.6 Å². The van der Waals surface area contributed by atoms with E-state index in [1.807, 2.05) is 0 Å². The van der Waals surface area contributed by atoms with Crippen molar-refractivity contribution in [3.05, 3.63) is 23.8 Å². The van der Waals surface area contributed by atoms with Gasteiger partial charge in [-0.05, 0) is 38.3 Å². The Labute approximate surface area is 101 Å². The van der Waals surface area contributed by atoms with Crippen LogP contribution in [0.1, 0.15) is 36.5 Å². The van der Waals surface area contributed by atoms with Crippen molar-refractivity contribution in [1.82, 2.24) is 0 Å². The van der Waals surface area contributed by atoms with E-state index in [1.165, 1.54) is 6.42 Å². The minimum Gasteiger partial charge on any atom is -0.478 e. The molecule has 2 rings (SSSR count). The molecule has 0 aromatic heterocycles. The molecule has 1 aromatic carbocycles. The van der Waals surface area contributed by atoms with Crippen molar-refractivity contribution in [2.24, 2.45) is 0 Å². The fourth-order valence-corrected chi connectivity index (χ4v) is 2.48. The Kier molecular flexibility index (Phi) is 3.22. The highest BCUT2D eigenvalue weighted by Gasteiger charge is 2.24. The largest absolute Gasteiger partial charge is 0.478 e. The Balaban J connectivity index is 2.45. The molecule has 0 radical (unpaired) electrons. The molecule has 1 heterocycles. The van der Waals surface area contributed by atoms with E-state index in [2.05, 4.69) is 11.8 Å². The van der Waals surface area contributed by atoms with Crippen LogP contribution in [0.15, 0.2) is 18.2 Å². The lowest BCUT2D eigenvalue weighted by Crippen LogP contribution is -2.38. The number of anilines is 2. The van der Waals surface area contributed by atoms with Crippen LogP contribution in [-0.4, -0.2) is 23.7 Å². The second-order valence-corrected chi connectivity index (χ2v) is 4.59. The summed E-state index contributed by atoms with van der Waals surface area (Å²) in [5.74, 6) is -0.912. The van der Waals surface area contributed by atoms with E-state index < -0.39 is 5.97 Å². The average molecular weight is 234 g/mol. The Morgan fingerprint density at radius 3 is 2.88 bits per heavy atom. The van der Waals surface area contributed by atoms with Crippen molar-refractivity contribution in [3.8, 4) is 0 Å². The summed E-state index contributed by atoms with van der Waals surface area (Å²) in [6.07, 6.45) is 3.39. The number of aromatic carboxylic acids is 1. The Hall–Kier alpha value is -1.71. The molecule has 1 aliphatic rings. The van der Waals surface area contributed by atoms with Crippen LogP contribution in [0.5, 0.6) is 0 Å². The summed E-state index contributed by atoms with van der Waals surface area (Å²) in [6.45, 7) is 3.01. The third-order valence-corrected chi connectivity index (χ3v) is 3.39. The standard InChI is InChI=1S/C13H18N2O2/c1-9-5-2-3-8-15(9)12-10(13(16)17)6-4-7-11(12)14/h4,6-7,9H,2-3,5,8,14H2,1H3,(H,16,17). The molecule has 1 aliphatic heterocycles. The van der Waals surface area contributed by atoms with Crippen LogP contribution in [0, 0.1) is 0 Å². The molecule has 4 heteroatoms. The highest BCUT2D eigenvalue weighted by molar-refractivity contribution is 5.98. The monoisotopic (exact) mass is 234 g/mol. The van der Waals surface area contributed by atoms with E-state index in [1.54, 1.807) is 18.2 Å². The summed E-state index contributed by atoms with van der Waals surface area (Å²) in [4.78, 5) is 13.4. The van der Waals surface area contributed by atoms with Crippen molar-refractivity contribution in [2.75, 3.05) is 17.2 Å². The van der Waals surface area contributed by atoms with Crippen molar-refractivity contribution in [3.63, 3.8) is 0 Å². The summed E-state index contributed by atoms with van der Waals surface area (Å²) in [5.41, 5.74) is 7.49. The number of hydrogen-bond acceptors (Lipinski definition) is 3. The number of benzene rings is 1. The molecule has 1 unspecified atom stereocenters. The molecule has 17 heavy (non-hydrogen) atoms. The zero-order valence-electron chi connectivity index (χ0n) is 10.0. The van der Waals surface area contributed by atoms with Crippen LogP contribution >= 0.6 is 0 Å². The minimum atomic E-state index is -0.912. The van der Waals surface area contributed by atoms with Crippen molar-refractivity contribution in [2.45, 2.75) is 32.2 Å². The van der Waals surface area contributed by atoms with Gasteiger partial charge in [-0.15, -0.1) is 0 Å². The highest BCUT2D eigenvalue weighted by atomic mass is 16.4. The first-order valence-electron chi connectivity index (χ1n) is 5.99. The predicted molar refractivity (Wildman–Crippen MR) is 68.5 cm³/mol. The van der Waals surface area contributed by atoms with Gasteiger partial charge >= 0.3 is 5.97 Å². The molecule has 0 spiro atoms. The zero-order valence-corrected chi connectivity index (χ0v) is 10.0. The molecule has 0 bridgehead atoms. The number of carboxylic acid groups (broad SMARTS) is 1. The Bertz CT molecular complexity index is 431. The fourth-order valence-electron chi connectivity index (χ4n) is 2.48. The molecule has 92 valence electrons. The molecule has 1 atom stereocenters. The second-order valence-electron chi connectivity index (χ2n) is 4.59. The van der Waals surface area contributed by atoms with Crippen LogP contribution in [0.25, 0.3) is 0 Å². The predicted octanol–water partition coefficient (Wildman–Crippen LogP) is 2.35. The van der Waals surface area contributed by atoms with Crippen molar-refractivity contribution < 1.29 is 9.90 Å². The van der Waals surface area contributed by atoms with Gasteiger partial charge in [0.1, 0.15) is 0 Å². The first-order chi connectivity index (χ1) is 8.11. The van der Waals surface area contributed by atoms with Gasteiger partial charge in [0.05, 0.1) is 16.9 Å². The molecular formula is C13H18N2O2. The maximum absolute atomic E-state index is 11.2. The van der Waals surface area contributed by atoms with E-state index >= 15 is 0 Å². The number of carboxylic acids is 1. The number of rotatable bonds is 2. The van der Waals surface area contributed by atoms with Crippen molar-refractivity contribution >= 4 is 17.3 Å². The molecule has 1 saturated heterocycles. The molecule has 4 nitrogen and oxygen atoms in total. The molecule has 3 N–H and O–H groups in total. The Morgan fingerprint density at radius 2 is 2.24 bits per heavy atom. The van der Waals surface area contributed by atoms with Crippen molar-refractivity contribution in [1.29, 1.82) is 0 Å². The highest BCUT2D eigenvalue weighted by Crippen LogP contribution is 2.32.